The number of aryl methyl sites for hydroxylation is 1. The Bertz CT molecular complexity index is 1040. The molecule has 3 nitrogen and oxygen atoms in total. The number of hydrogen-bond acceptors (Lipinski definition) is 2. The summed E-state index contributed by atoms with van der Waals surface area (Å²) < 4.78 is 0. The van der Waals surface area contributed by atoms with Gasteiger partial charge in [-0.2, -0.15) is 0 Å². The van der Waals surface area contributed by atoms with Gasteiger partial charge in [0.15, 0.2) is 0 Å². The number of carbonyl (C=O) groups is 1. The molecule has 1 aliphatic carbocycles. The smallest absolute Gasteiger partial charge is 0.251 e. The topological polar surface area (TPSA) is 32.3 Å². The molecule has 0 radical (unpaired) electrons. The van der Waals surface area contributed by atoms with Crippen LogP contribution in [0, 0.1) is 0 Å². The van der Waals surface area contributed by atoms with E-state index in [1.807, 2.05) is 12.1 Å². The van der Waals surface area contributed by atoms with Crippen molar-refractivity contribution in [2.24, 2.45) is 0 Å². The van der Waals surface area contributed by atoms with Crippen molar-refractivity contribution in [2.75, 3.05) is 6.54 Å². The summed E-state index contributed by atoms with van der Waals surface area (Å²) in [6.07, 6.45) is 4.36. The van der Waals surface area contributed by atoms with Crippen LogP contribution in [0.3, 0.4) is 0 Å². The summed E-state index contributed by atoms with van der Waals surface area (Å²) in [6.45, 7) is 3.01. The highest BCUT2D eigenvalue weighted by Crippen LogP contribution is 2.29. The van der Waals surface area contributed by atoms with Crippen molar-refractivity contribution in [3.8, 4) is 0 Å². The van der Waals surface area contributed by atoms with Crippen LogP contribution in [-0.2, 0) is 25.9 Å². The van der Waals surface area contributed by atoms with Crippen LogP contribution in [0.15, 0.2) is 72.8 Å². The summed E-state index contributed by atoms with van der Waals surface area (Å²) in [5.74, 6) is 0.0233. The fourth-order valence-electron chi connectivity index (χ4n) is 4.85. The molecule has 1 unspecified atom stereocenters. The Morgan fingerprint density at radius 2 is 1.60 bits per heavy atom. The predicted octanol–water partition coefficient (Wildman–Crippen LogP) is 5.05. The van der Waals surface area contributed by atoms with Crippen molar-refractivity contribution in [3.05, 3.63) is 106 Å². The summed E-state index contributed by atoms with van der Waals surface area (Å²) in [5.41, 5.74) is 7.56. The SMILES string of the molecule is O=C(NC1CCCc2ccccc21)c1ccc(CN2CCc3ccccc3C2)cc1. The van der Waals surface area contributed by atoms with Gasteiger partial charge in [-0.15, -0.1) is 0 Å². The highest BCUT2D eigenvalue weighted by molar-refractivity contribution is 5.94. The Labute approximate surface area is 178 Å². The van der Waals surface area contributed by atoms with Crippen molar-refractivity contribution in [3.63, 3.8) is 0 Å². The molecule has 1 atom stereocenters. The molecule has 1 aliphatic heterocycles. The van der Waals surface area contributed by atoms with Gasteiger partial charge in [-0.1, -0.05) is 60.7 Å². The maximum atomic E-state index is 12.8. The molecule has 152 valence electrons. The highest BCUT2D eigenvalue weighted by Gasteiger charge is 2.22. The van der Waals surface area contributed by atoms with Gasteiger partial charge in [0.2, 0.25) is 0 Å². The molecule has 3 heteroatoms. The van der Waals surface area contributed by atoms with E-state index in [1.54, 1.807) is 0 Å². The van der Waals surface area contributed by atoms with Gasteiger partial charge >= 0.3 is 0 Å². The van der Waals surface area contributed by atoms with Crippen LogP contribution >= 0.6 is 0 Å². The third-order valence-corrected chi connectivity index (χ3v) is 6.51. The molecule has 30 heavy (non-hydrogen) atoms. The number of hydrogen-bond donors (Lipinski definition) is 1. The van der Waals surface area contributed by atoms with E-state index in [0.29, 0.717) is 0 Å². The fraction of sp³-hybridized carbons (Fsp3) is 0.296. The minimum atomic E-state index is 0.0233. The Hall–Kier alpha value is -2.91. The van der Waals surface area contributed by atoms with Gasteiger partial charge in [0, 0.05) is 25.2 Å². The Balaban J connectivity index is 1.22. The number of rotatable bonds is 4. The second-order valence-electron chi connectivity index (χ2n) is 8.54. The first-order valence-electron chi connectivity index (χ1n) is 11.0. The molecule has 3 aromatic rings. The van der Waals surface area contributed by atoms with Crippen molar-refractivity contribution in [1.82, 2.24) is 10.2 Å². The number of fused-ring (bicyclic) bond motifs is 2. The van der Waals surface area contributed by atoms with Gasteiger partial charge in [0.25, 0.3) is 5.91 Å². The predicted molar refractivity (Wildman–Crippen MR) is 120 cm³/mol. The quantitative estimate of drug-likeness (QED) is 0.669. The van der Waals surface area contributed by atoms with E-state index in [4.69, 9.17) is 0 Å². The first-order valence-corrected chi connectivity index (χ1v) is 11.0. The zero-order chi connectivity index (χ0) is 20.3. The molecule has 3 aromatic carbocycles. The Kier molecular flexibility index (Phi) is 5.37. The van der Waals surface area contributed by atoms with Crippen LogP contribution in [0.1, 0.15) is 57.1 Å². The first-order chi connectivity index (χ1) is 14.8. The lowest BCUT2D eigenvalue weighted by atomic mass is 9.87. The van der Waals surface area contributed by atoms with Crippen LogP contribution in [0.2, 0.25) is 0 Å². The molecule has 0 bridgehead atoms. The molecule has 0 fully saturated rings. The lowest BCUT2D eigenvalue weighted by molar-refractivity contribution is 0.0932. The van der Waals surface area contributed by atoms with Crippen LogP contribution < -0.4 is 5.32 Å². The molecule has 2 aliphatic rings. The minimum Gasteiger partial charge on any atom is -0.345 e. The summed E-state index contributed by atoms with van der Waals surface area (Å²) >= 11 is 0. The first kappa shape index (κ1) is 19.1. The normalized spacial score (nSPS) is 18.3. The molecule has 1 heterocycles. The molecule has 5 rings (SSSR count). The molecule has 0 aromatic heterocycles. The van der Waals surface area contributed by atoms with Crippen molar-refractivity contribution in [1.29, 1.82) is 0 Å². The zero-order valence-corrected chi connectivity index (χ0v) is 17.3. The minimum absolute atomic E-state index is 0.0233. The van der Waals surface area contributed by atoms with Crippen LogP contribution in [-0.4, -0.2) is 17.4 Å². The number of amides is 1. The molecular formula is C27H28N2O. The summed E-state index contributed by atoms with van der Waals surface area (Å²) in [5, 5.41) is 3.25. The lowest BCUT2D eigenvalue weighted by Gasteiger charge is -2.28. The van der Waals surface area contributed by atoms with Crippen LogP contribution in [0.4, 0.5) is 0 Å². The average Bonchev–Trinajstić information content (AvgIpc) is 2.80. The van der Waals surface area contributed by atoms with Gasteiger partial charge in [-0.05, 0) is 65.6 Å². The van der Waals surface area contributed by atoms with Gasteiger partial charge < -0.3 is 5.32 Å². The van der Waals surface area contributed by atoms with E-state index in [9.17, 15) is 4.79 Å². The number of carbonyl (C=O) groups excluding carboxylic acids is 1. The van der Waals surface area contributed by atoms with Crippen molar-refractivity contribution in [2.45, 2.75) is 44.8 Å². The van der Waals surface area contributed by atoms with E-state index in [-0.39, 0.29) is 11.9 Å². The third-order valence-electron chi connectivity index (χ3n) is 6.51. The van der Waals surface area contributed by atoms with E-state index >= 15 is 0 Å². The standard InChI is InChI=1S/C27H28N2O/c30-27(28-26-11-5-9-22-7-3-4-10-25(22)26)23-14-12-20(13-15-23)18-29-17-16-21-6-1-2-8-24(21)19-29/h1-4,6-8,10,12-15,26H,5,9,11,16-19H2,(H,28,30). The second-order valence-corrected chi connectivity index (χ2v) is 8.54. The lowest BCUT2D eigenvalue weighted by Crippen LogP contribution is -2.31. The molecule has 0 spiro atoms. The Morgan fingerprint density at radius 3 is 2.43 bits per heavy atom. The molecule has 1 amide bonds. The monoisotopic (exact) mass is 396 g/mol. The zero-order valence-electron chi connectivity index (χ0n) is 17.3. The summed E-state index contributed by atoms with van der Waals surface area (Å²) in [4.78, 5) is 15.3. The highest BCUT2D eigenvalue weighted by atomic mass is 16.1. The van der Waals surface area contributed by atoms with Crippen molar-refractivity contribution >= 4 is 5.91 Å². The fourth-order valence-corrected chi connectivity index (χ4v) is 4.85. The van der Waals surface area contributed by atoms with Gasteiger partial charge in [0.05, 0.1) is 6.04 Å². The maximum absolute atomic E-state index is 12.8. The second kappa shape index (κ2) is 8.45. The summed E-state index contributed by atoms with van der Waals surface area (Å²) in [6, 6.07) is 25.5. The van der Waals surface area contributed by atoms with E-state index < -0.39 is 0 Å². The van der Waals surface area contributed by atoms with Crippen LogP contribution in [0.5, 0.6) is 0 Å². The van der Waals surface area contributed by atoms with E-state index in [2.05, 4.69) is 70.9 Å². The van der Waals surface area contributed by atoms with Crippen LogP contribution in [0.25, 0.3) is 0 Å². The van der Waals surface area contributed by atoms with Crippen molar-refractivity contribution < 1.29 is 4.79 Å². The summed E-state index contributed by atoms with van der Waals surface area (Å²) in [7, 11) is 0. The number of nitrogens with one attached hydrogen (secondary N) is 1. The van der Waals surface area contributed by atoms with Gasteiger partial charge in [-0.25, -0.2) is 0 Å². The number of nitrogens with zero attached hydrogens (tertiary/aromatic N) is 1. The maximum Gasteiger partial charge on any atom is 0.251 e. The van der Waals surface area contributed by atoms with E-state index in [1.165, 1.54) is 27.8 Å². The number of benzene rings is 3. The molecule has 0 saturated carbocycles. The van der Waals surface area contributed by atoms with Gasteiger partial charge in [-0.3, -0.25) is 9.69 Å². The Morgan fingerprint density at radius 1 is 0.867 bits per heavy atom. The van der Waals surface area contributed by atoms with Gasteiger partial charge in [0.1, 0.15) is 0 Å². The van der Waals surface area contributed by atoms with E-state index in [0.717, 1.165) is 50.9 Å². The average molecular weight is 397 g/mol. The molecule has 1 N–H and O–H groups in total. The molecular weight excluding hydrogens is 368 g/mol. The largest absolute Gasteiger partial charge is 0.345 e. The molecule has 0 saturated heterocycles. The third kappa shape index (κ3) is 4.03.